The Morgan fingerprint density at radius 3 is 2.67 bits per heavy atom. The summed E-state index contributed by atoms with van der Waals surface area (Å²) < 4.78 is 0. The molecule has 0 atom stereocenters. The number of ketones is 1. The molecule has 60 valence electrons. The average Bonchev–Trinajstić information content (AvgIpc) is 2.05. The minimum atomic E-state index is -1.14. The van der Waals surface area contributed by atoms with E-state index < -0.39 is 11.8 Å². The van der Waals surface area contributed by atoms with Crippen LogP contribution in [0.3, 0.4) is 0 Å². The first-order valence-electron chi connectivity index (χ1n) is 3.07. The zero-order valence-electron chi connectivity index (χ0n) is 5.94. The van der Waals surface area contributed by atoms with Crippen LogP contribution in [-0.2, 0) is 9.59 Å². The van der Waals surface area contributed by atoms with Crippen molar-refractivity contribution in [2.75, 3.05) is 0 Å². The quantitative estimate of drug-likeness (QED) is 0.320. The summed E-state index contributed by atoms with van der Waals surface area (Å²) in [6.07, 6.45) is 3.33. The Labute approximate surface area is 67.2 Å². The number of nitrogens with zero attached hydrogens (tertiary/aromatic N) is 1. The first kappa shape index (κ1) is 8.10. The lowest BCUT2D eigenvalue weighted by Gasteiger charge is -1.94. The fourth-order valence-electron chi connectivity index (χ4n) is 0.738. The lowest BCUT2D eigenvalue weighted by Crippen LogP contribution is -2.16. The van der Waals surface area contributed by atoms with Gasteiger partial charge in [0.25, 0.3) is 5.78 Å². The van der Waals surface area contributed by atoms with Gasteiger partial charge in [0.2, 0.25) is 0 Å². The average molecular weight is 165 g/mol. The zero-order valence-corrected chi connectivity index (χ0v) is 5.94. The van der Waals surface area contributed by atoms with Gasteiger partial charge in [0.15, 0.2) is 0 Å². The number of carboxylic acids is 1. The second kappa shape index (κ2) is 2.94. The molecule has 0 amide bonds. The van der Waals surface area contributed by atoms with E-state index in [-0.39, 0.29) is 11.3 Å². The van der Waals surface area contributed by atoms with Gasteiger partial charge < -0.3 is 5.11 Å². The van der Waals surface area contributed by atoms with Crippen LogP contribution in [0.15, 0.2) is 23.8 Å². The third-order valence-corrected chi connectivity index (χ3v) is 1.33. The number of nitrogens with one attached hydrogen (secondary N) is 1. The van der Waals surface area contributed by atoms with Crippen LogP contribution in [0.5, 0.6) is 0 Å². The van der Waals surface area contributed by atoms with Gasteiger partial charge in [-0.3, -0.25) is 4.79 Å². The fourth-order valence-corrected chi connectivity index (χ4v) is 0.738. The molecule has 0 saturated heterocycles. The molecule has 1 aliphatic carbocycles. The van der Waals surface area contributed by atoms with Crippen molar-refractivity contribution in [2.24, 2.45) is 0 Å². The van der Waals surface area contributed by atoms with E-state index in [1.165, 1.54) is 6.08 Å². The number of hydrogen-bond acceptors (Lipinski definition) is 3. The lowest BCUT2D eigenvalue weighted by molar-refractivity contribution is -0.134. The summed E-state index contributed by atoms with van der Waals surface area (Å²) in [5.74, 6) is -1.59. The van der Waals surface area contributed by atoms with Crippen LogP contribution < -0.4 is 0 Å². The molecule has 5 heteroatoms. The van der Waals surface area contributed by atoms with Gasteiger partial charge >= 0.3 is 11.7 Å². The van der Waals surface area contributed by atoms with Crippen LogP contribution in [0, 0.1) is 5.53 Å². The van der Waals surface area contributed by atoms with Crippen molar-refractivity contribution in [1.29, 1.82) is 5.53 Å². The Kier molecular flexibility index (Phi) is 1.98. The molecule has 0 unspecified atom stereocenters. The molecule has 0 fully saturated rings. The number of carboxylic acid groups (broad SMARTS) is 1. The van der Waals surface area contributed by atoms with Crippen molar-refractivity contribution < 1.29 is 19.5 Å². The Morgan fingerprint density at radius 1 is 1.50 bits per heavy atom. The van der Waals surface area contributed by atoms with Gasteiger partial charge in [0.1, 0.15) is 0 Å². The maximum Gasteiger partial charge on any atom is 0.412 e. The monoisotopic (exact) mass is 165 g/mol. The smallest absolute Gasteiger partial charge is 0.412 e. The van der Waals surface area contributed by atoms with Gasteiger partial charge in [-0.2, -0.15) is 0 Å². The van der Waals surface area contributed by atoms with Gasteiger partial charge in [-0.1, -0.05) is 0 Å². The second-order valence-corrected chi connectivity index (χ2v) is 2.10. The summed E-state index contributed by atoms with van der Waals surface area (Å²) in [4.78, 5) is 24.1. The minimum Gasteiger partial charge on any atom is -0.478 e. The predicted octanol–water partition coefficient (Wildman–Crippen LogP) is -0.184. The molecule has 0 aliphatic heterocycles. The highest BCUT2D eigenvalue weighted by Crippen LogP contribution is 2.04. The Hall–Kier alpha value is -2.00. The van der Waals surface area contributed by atoms with E-state index in [2.05, 4.69) is 4.79 Å². The van der Waals surface area contributed by atoms with E-state index in [1.54, 1.807) is 0 Å². The molecule has 0 bridgehead atoms. The predicted molar refractivity (Wildman–Crippen MR) is 37.9 cm³/mol. The van der Waals surface area contributed by atoms with Gasteiger partial charge in [-0.25, -0.2) is 4.79 Å². The van der Waals surface area contributed by atoms with Crippen LogP contribution >= 0.6 is 0 Å². The molecule has 1 rings (SSSR count). The zero-order chi connectivity index (χ0) is 9.14. The van der Waals surface area contributed by atoms with Crippen LogP contribution in [0.1, 0.15) is 0 Å². The standard InChI is InChI=1S/C7H4N2O3/c8-9-5-3-4(7(11)12)1-2-6(5)10/h1-3,8H/p+1. The van der Waals surface area contributed by atoms with E-state index >= 15 is 0 Å². The van der Waals surface area contributed by atoms with Crippen molar-refractivity contribution in [3.05, 3.63) is 23.8 Å². The minimum absolute atomic E-state index is 0.0411. The molecule has 0 radical (unpaired) electrons. The summed E-state index contributed by atoms with van der Waals surface area (Å²) in [5, 5.41) is 8.49. The maximum absolute atomic E-state index is 10.8. The van der Waals surface area contributed by atoms with Crippen molar-refractivity contribution in [2.45, 2.75) is 0 Å². The fraction of sp³-hybridized carbons (Fsp3) is 0. The maximum atomic E-state index is 10.8. The Balaban J connectivity index is 3.13. The summed E-state index contributed by atoms with van der Waals surface area (Å²) in [5.41, 5.74) is 6.36. The third kappa shape index (κ3) is 1.36. The number of rotatable bonds is 1. The molecule has 0 saturated carbocycles. The van der Waals surface area contributed by atoms with E-state index in [4.69, 9.17) is 10.6 Å². The van der Waals surface area contributed by atoms with Crippen LogP contribution in [0.25, 0.3) is 0 Å². The summed E-state index contributed by atoms with van der Waals surface area (Å²) in [7, 11) is 0. The number of carbonyl (C=O) groups excluding carboxylic acids is 1. The Bertz CT molecular complexity index is 359. The van der Waals surface area contributed by atoms with E-state index in [0.717, 1.165) is 12.2 Å². The second-order valence-electron chi connectivity index (χ2n) is 2.10. The largest absolute Gasteiger partial charge is 0.478 e. The third-order valence-electron chi connectivity index (χ3n) is 1.33. The van der Waals surface area contributed by atoms with Crippen LogP contribution in [-0.4, -0.2) is 27.4 Å². The van der Waals surface area contributed by atoms with Gasteiger partial charge in [0.05, 0.1) is 22.0 Å². The first-order valence-corrected chi connectivity index (χ1v) is 3.07. The van der Waals surface area contributed by atoms with Crippen LogP contribution in [0.4, 0.5) is 0 Å². The molecule has 1 aliphatic rings. The molecule has 0 aromatic carbocycles. The lowest BCUT2D eigenvalue weighted by atomic mass is 10.1. The highest BCUT2D eigenvalue weighted by atomic mass is 16.4. The van der Waals surface area contributed by atoms with Gasteiger partial charge in [0, 0.05) is 0 Å². The first-order chi connectivity index (χ1) is 5.65. The van der Waals surface area contributed by atoms with E-state index in [1.807, 2.05) is 0 Å². The summed E-state index contributed by atoms with van der Waals surface area (Å²) in [6, 6.07) is 0. The van der Waals surface area contributed by atoms with Crippen molar-refractivity contribution >= 4 is 17.5 Å². The molecule has 0 spiro atoms. The van der Waals surface area contributed by atoms with E-state index in [0.29, 0.717) is 0 Å². The molecular formula is C7H5N2O3+. The van der Waals surface area contributed by atoms with Crippen molar-refractivity contribution in [1.82, 2.24) is 0 Å². The van der Waals surface area contributed by atoms with Gasteiger partial charge in [-0.05, 0) is 12.2 Å². The normalized spacial score (nSPS) is 15.5. The summed E-state index contributed by atoms with van der Waals surface area (Å²) in [6.45, 7) is 0. The summed E-state index contributed by atoms with van der Waals surface area (Å²) >= 11 is 0. The number of aliphatic carboxylic acids is 1. The Morgan fingerprint density at radius 2 is 2.17 bits per heavy atom. The molecule has 0 aromatic heterocycles. The topological polar surface area (TPSA) is 92.3 Å². The van der Waals surface area contributed by atoms with Crippen molar-refractivity contribution in [3.63, 3.8) is 0 Å². The SMILES string of the molecule is N=[N+]=C1C=C(C(=O)O)C=CC1=O. The molecule has 12 heavy (non-hydrogen) atoms. The molecular weight excluding hydrogens is 160 g/mol. The highest BCUT2D eigenvalue weighted by Gasteiger charge is 2.23. The molecule has 0 aromatic rings. The number of hydrogen-bond donors (Lipinski definition) is 2. The van der Waals surface area contributed by atoms with Crippen molar-refractivity contribution in [3.8, 4) is 0 Å². The molecule has 2 N–H and O–H groups in total. The van der Waals surface area contributed by atoms with E-state index in [9.17, 15) is 9.59 Å². The number of carbonyl (C=O) groups is 2. The molecule has 0 heterocycles. The van der Waals surface area contributed by atoms with Gasteiger partial charge in [-0.15, -0.1) is 0 Å². The highest BCUT2D eigenvalue weighted by molar-refractivity contribution is 6.47. The van der Waals surface area contributed by atoms with Crippen LogP contribution in [0.2, 0.25) is 0 Å². The molecule has 5 nitrogen and oxygen atoms in total. The number of allylic oxidation sites excluding steroid dienone is 2.